The lowest BCUT2D eigenvalue weighted by Gasteiger charge is -2.10. The number of hydrogen-bond donors (Lipinski definition) is 1. The van der Waals surface area contributed by atoms with Gasteiger partial charge in [0.05, 0.1) is 24.3 Å². The number of halogens is 1. The molecule has 0 radical (unpaired) electrons. The molecule has 100 valence electrons. The third-order valence-corrected chi connectivity index (χ3v) is 2.83. The van der Waals surface area contributed by atoms with Crippen LogP contribution in [0.15, 0.2) is 36.4 Å². The lowest BCUT2D eigenvalue weighted by Crippen LogP contribution is -1.98. The third-order valence-electron chi connectivity index (χ3n) is 2.83. The molecule has 0 aromatic heterocycles. The minimum atomic E-state index is -1.15. The zero-order valence-corrected chi connectivity index (χ0v) is 10.6. The summed E-state index contributed by atoms with van der Waals surface area (Å²) in [6, 6.07) is 9.98. The summed E-state index contributed by atoms with van der Waals surface area (Å²) in [7, 11) is 1.42. The minimum absolute atomic E-state index is 0.0363. The van der Waals surface area contributed by atoms with E-state index >= 15 is 0 Å². The Morgan fingerprint density at radius 2 is 2.00 bits per heavy atom. The van der Waals surface area contributed by atoms with Crippen molar-refractivity contribution in [2.24, 2.45) is 0 Å². The van der Waals surface area contributed by atoms with Gasteiger partial charge >= 0.3 is 5.97 Å². The van der Waals surface area contributed by atoms with Crippen molar-refractivity contribution in [1.29, 1.82) is 5.26 Å². The first-order chi connectivity index (χ1) is 9.56. The maximum absolute atomic E-state index is 13.9. The van der Waals surface area contributed by atoms with Gasteiger partial charge in [0.25, 0.3) is 0 Å². The van der Waals surface area contributed by atoms with Gasteiger partial charge < -0.3 is 9.84 Å². The molecule has 2 rings (SSSR count). The van der Waals surface area contributed by atoms with E-state index in [2.05, 4.69) is 0 Å². The molecule has 20 heavy (non-hydrogen) atoms. The summed E-state index contributed by atoms with van der Waals surface area (Å²) in [5.41, 5.74) is 0.720. The van der Waals surface area contributed by atoms with E-state index < -0.39 is 11.8 Å². The van der Waals surface area contributed by atoms with Crippen molar-refractivity contribution in [1.82, 2.24) is 0 Å². The van der Waals surface area contributed by atoms with Crippen LogP contribution in [0.3, 0.4) is 0 Å². The highest BCUT2D eigenvalue weighted by atomic mass is 19.1. The Labute approximate surface area is 114 Å². The number of methoxy groups -OCH3 is 1. The molecule has 0 saturated heterocycles. The van der Waals surface area contributed by atoms with Crippen molar-refractivity contribution < 1.29 is 19.0 Å². The summed E-state index contributed by atoms with van der Waals surface area (Å²) in [6.07, 6.45) is 0. The molecule has 1 N–H and O–H groups in total. The summed E-state index contributed by atoms with van der Waals surface area (Å²) < 4.78 is 19.1. The first-order valence-corrected chi connectivity index (χ1v) is 5.68. The van der Waals surface area contributed by atoms with Gasteiger partial charge in [0.1, 0.15) is 11.6 Å². The van der Waals surface area contributed by atoms with E-state index in [4.69, 9.17) is 15.1 Å². The van der Waals surface area contributed by atoms with E-state index in [0.717, 1.165) is 6.07 Å². The fourth-order valence-corrected chi connectivity index (χ4v) is 1.85. The van der Waals surface area contributed by atoms with E-state index in [9.17, 15) is 9.18 Å². The maximum Gasteiger partial charge on any atom is 0.335 e. The normalized spacial score (nSPS) is 9.85. The quantitative estimate of drug-likeness (QED) is 0.931. The molecular formula is C15H10FNO3. The van der Waals surface area contributed by atoms with E-state index in [-0.39, 0.29) is 11.1 Å². The van der Waals surface area contributed by atoms with Crippen LogP contribution in [0, 0.1) is 17.1 Å². The third kappa shape index (κ3) is 2.45. The highest BCUT2D eigenvalue weighted by Gasteiger charge is 2.14. The Bertz CT molecular complexity index is 720. The molecule has 0 unspecified atom stereocenters. The second-order valence-corrected chi connectivity index (χ2v) is 4.03. The molecule has 0 heterocycles. The summed E-state index contributed by atoms with van der Waals surface area (Å²) in [5.74, 6) is -1.37. The molecule has 0 spiro atoms. The summed E-state index contributed by atoms with van der Waals surface area (Å²) in [5, 5.41) is 17.9. The zero-order valence-electron chi connectivity index (χ0n) is 10.6. The van der Waals surface area contributed by atoms with Crippen molar-refractivity contribution in [3.8, 4) is 22.9 Å². The monoisotopic (exact) mass is 271 g/mol. The minimum Gasteiger partial charge on any atom is -0.496 e. The van der Waals surface area contributed by atoms with Crippen molar-refractivity contribution >= 4 is 5.97 Å². The molecule has 0 aliphatic heterocycles. The average molecular weight is 271 g/mol. The number of ether oxygens (including phenoxy) is 1. The standard InChI is InChI=1S/C15H10FNO3/c1-20-14-5-2-9(8-17)6-12(14)11-7-10(15(18)19)3-4-13(11)16/h2-7H,1H3,(H,18,19). The molecule has 0 aliphatic carbocycles. The summed E-state index contributed by atoms with van der Waals surface area (Å²) >= 11 is 0. The molecule has 0 bridgehead atoms. The molecule has 2 aromatic rings. The number of benzene rings is 2. The summed E-state index contributed by atoms with van der Waals surface area (Å²) in [6.45, 7) is 0. The molecule has 0 amide bonds. The van der Waals surface area contributed by atoms with Crippen LogP contribution in [-0.2, 0) is 0 Å². The van der Waals surface area contributed by atoms with Crippen molar-refractivity contribution in [2.75, 3.05) is 7.11 Å². The largest absolute Gasteiger partial charge is 0.496 e. The van der Waals surface area contributed by atoms with Crippen LogP contribution in [0.1, 0.15) is 15.9 Å². The average Bonchev–Trinajstić information content (AvgIpc) is 2.46. The Balaban J connectivity index is 2.69. The predicted octanol–water partition coefficient (Wildman–Crippen LogP) is 3.07. The molecule has 5 heteroatoms. The number of carboxylic acids is 1. The van der Waals surface area contributed by atoms with Gasteiger partial charge in [-0.3, -0.25) is 0 Å². The van der Waals surface area contributed by atoms with Crippen LogP contribution >= 0.6 is 0 Å². The first kappa shape index (κ1) is 13.6. The van der Waals surface area contributed by atoms with Gasteiger partial charge in [-0.2, -0.15) is 5.26 Å². The van der Waals surface area contributed by atoms with Crippen molar-refractivity contribution in [3.05, 3.63) is 53.3 Å². The Morgan fingerprint density at radius 1 is 1.25 bits per heavy atom. The van der Waals surface area contributed by atoms with E-state index in [1.165, 1.54) is 25.3 Å². The fraction of sp³-hybridized carbons (Fsp3) is 0.0667. The molecule has 2 aromatic carbocycles. The molecule has 0 fully saturated rings. The summed E-state index contributed by atoms with van der Waals surface area (Å²) in [4.78, 5) is 11.0. The van der Waals surface area contributed by atoms with Gasteiger partial charge in [-0.1, -0.05) is 0 Å². The number of aromatic carboxylic acids is 1. The Kier molecular flexibility index (Phi) is 3.67. The van der Waals surface area contributed by atoms with E-state index in [1.807, 2.05) is 6.07 Å². The Hall–Kier alpha value is -2.87. The SMILES string of the molecule is COc1ccc(C#N)cc1-c1cc(C(=O)O)ccc1F. The number of nitrogens with zero attached hydrogens (tertiary/aromatic N) is 1. The molecule has 0 saturated carbocycles. The van der Waals surface area contributed by atoms with Gasteiger partial charge in [0, 0.05) is 11.1 Å². The number of carbonyl (C=O) groups is 1. The first-order valence-electron chi connectivity index (χ1n) is 5.68. The highest BCUT2D eigenvalue weighted by Crippen LogP contribution is 2.33. The number of carboxylic acid groups (broad SMARTS) is 1. The second kappa shape index (κ2) is 5.41. The van der Waals surface area contributed by atoms with Crippen molar-refractivity contribution in [2.45, 2.75) is 0 Å². The van der Waals surface area contributed by atoms with Crippen LogP contribution in [0.2, 0.25) is 0 Å². The van der Waals surface area contributed by atoms with Gasteiger partial charge in [0.15, 0.2) is 0 Å². The van der Waals surface area contributed by atoms with Crippen LogP contribution in [0.5, 0.6) is 5.75 Å². The molecular weight excluding hydrogens is 261 g/mol. The van der Waals surface area contributed by atoms with Crippen LogP contribution in [0.4, 0.5) is 4.39 Å². The Morgan fingerprint density at radius 3 is 2.60 bits per heavy atom. The van der Waals surface area contributed by atoms with Gasteiger partial charge in [-0.25, -0.2) is 9.18 Å². The van der Waals surface area contributed by atoms with E-state index in [1.54, 1.807) is 12.1 Å². The molecule has 4 nitrogen and oxygen atoms in total. The molecule has 0 aliphatic rings. The maximum atomic E-state index is 13.9. The highest BCUT2D eigenvalue weighted by molar-refractivity contribution is 5.90. The predicted molar refractivity (Wildman–Crippen MR) is 70.1 cm³/mol. The lowest BCUT2D eigenvalue weighted by atomic mass is 9.99. The van der Waals surface area contributed by atoms with Crippen molar-refractivity contribution in [3.63, 3.8) is 0 Å². The lowest BCUT2D eigenvalue weighted by molar-refractivity contribution is 0.0697. The number of rotatable bonds is 3. The van der Waals surface area contributed by atoms with Gasteiger partial charge in [-0.15, -0.1) is 0 Å². The van der Waals surface area contributed by atoms with Crippen LogP contribution < -0.4 is 4.74 Å². The smallest absolute Gasteiger partial charge is 0.335 e. The van der Waals surface area contributed by atoms with Crippen LogP contribution in [-0.4, -0.2) is 18.2 Å². The molecule has 0 atom stereocenters. The fourth-order valence-electron chi connectivity index (χ4n) is 1.85. The van der Waals surface area contributed by atoms with Gasteiger partial charge in [-0.05, 0) is 36.4 Å². The number of hydrogen-bond acceptors (Lipinski definition) is 3. The number of nitriles is 1. The second-order valence-electron chi connectivity index (χ2n) is 4.03. The topological polar surface area (TPSA) is 70.3 Å². The van der Waals surface area contributed by atoms with E-state index in [0.29, 0.717) is 16.9 Å². The van der Waals surface area contributed by atoms with Crippen LogP contribution in [0.25, 0.3) is 11.1 Å². The van der Waals surface area contributed by atoms with Gasteiger partial charge in [0.2, 0.25) is 0 Å². The zero-order chi connectivity index (χ0) is 14.7.